The van der Waals surface area contributed by atoms with Crippen molar-refractivity contribution in [3.05, 3.63) is 72.2 Å². The van der Waals surface area contributed by atoms with E-state index in [0.717, 1.165) is 29.8 Å². The quantitative estimate of drug-likeness (QED) is 0.0877. The topological polar surface area (TPSA) is 61.3 Å². The third-order valence-corrected chi connectivity index (χ3v) is 6.98. The first-order valence-electron chi connectivity index (χ1n) is 15.1. The van der Waals surface area contributed by atoms with E-state index < -0.39 is 5.97 Å². The van der Waals surface area contributed by atoms with Crippen molar-refractivity contribution in [2.45, 2.75) is 104 Å². The number of aromatic nitrogens is 2. The first kappa shape index (κ1) is 30.3. The average Bonchev–Trinajstić information content (AvgIpc) is 2.97. The van der Waals surface area contributed by atoms with Gasteiger partial charge < -0.3 is 9.47 Å². The number of rotatable bonds is 19. The maximum Gasteiger partial charge on any atom is 0.363 e. The van der Waals surface area contributed by atoms with Crippen molar-refractivity contribution in [1.82, 2.24) is 9.97 Å². The molecular formula is C34H46N2O3. The van der Waals surface area contributed by atoms with Gasteiger partial charge in [0, 0.05) is 5.56 Å². The summed E-state index contributed by atoms with van der Waals surface area (Å²) < 4.78 is 11.2. The van der Waals surface area contributed by atoms with E-state index in [4.69, 9.17) is 9.47 Å². The van der Waals surface area contributed by atoms with Crippen LogP contribution in [0, 0.1) is 0 Å². The van der Waals surface area contributed by atoms with E-state index in [2.05, 4.69) is 48.1 Å². The molecule has 0 N–H and O–H groups in total. The fourth-order valence-corrected chi connectivity index (χ4v) is 4.55. The summed E-state index contributed by atoms with van der Waals surface area (Å²) in [7, 11) is 0. The van der Waals surface area contributed by atoms with E-state index in [1.54, 1.807) is 18.3 Å². The fraction of sp³-hybridized carbons (Fsp3) is 0.500. The summed E-state index contributed by atoms with van der Waals surface area (Å²) in [5.41, 5.74) is 3.25. The van der Waals surface area contributed by atoms with Crippen molar-refractivity contribution in [1.29, 1.82) is 0 Å². The molecule has 5 nitrogen and oxygen atoms in total. The lowest BCUT2D eigenvalue weighted by atomic mass is 10.0. The molecule has 2 aromatic carbocycles. The number of ether oxygens (including phenoxy) is 2. The number of carbonyl (C=O) groups is 1. The second kappa shape index (κ2) is 18.1. The van der Waals surface area contributed by atoms with E-state index in [1.165, 1.54) is 88.8 Å². The highest BCUT2D eigenvalue weighted by Crippen LogP contribution is 2.21. The number of benzene rings is 2. The van der Waals surface area contributed by atoms with Crippen molar-refractivity contribution in [2.75, 3.05) is 6.61 Å². The van der Waals surface area contributed by atoms with Gasteiger partial charge in [-0.2, -0.15) is 0 Å². The lowest BCUT2D eigenvalue weighted by molar-refractivity contribution is 0.0728. The van der Waals surface area contributed by atoms with Gasteiger partial charge in [0.2, 0.25) is 0 Å². The third-order valence-electron chi connectivity index (χ3n) is 6.98. The summed E-state index contributed by atoms with van der Waals surface area (Å²) in [6.45, 7) is 5.16. The number of nitrogens with zero attached hydrogens (tertiary/aromatic N) is 2. The highest BCUT2D eigenvalue weighted by Gasteiger charge is 2.12. The zero-order chi connectivity index (χ0) is 27.5. The molecule has 0 saturated carbocycles. The van der Waals surface area contributed by atoms with Gasteiger partial charge in [0.15, 0.2) is 5.69 Å². The lowest BCUT2D eigenvalue weighted by Crippen LogP contribution is -2.11. The Balaban J connectivity index is 1.38. The third kappa shape index (κ3) is 11.6. The molecule has 0 aliphatic carbocycles. The van der Waals surface area contributed by atoms with E-state index in [0.29, 0.717) is 12.4 Å². The standard InChI is InChI=1S/C34H46N2O3/c1-3-5-7-9-10-11-12-13-14-16-28-17-19-29(20-18-28)32-26-36-33(27-35-32)34(37)39-31-23-21-30(22-24-31)38-25-15-8-6-4-2/h17-24,26-27H,3-16,25H2,1-2H3. The van der Waals surface area contributed by atoms with Crippen molar-refractivity contribution >= 4 is 5.97 Å². The highest BCUT2D eigenvalue weighted by molar-refractivity contribution is 5.88. The van der Waals surface area contributed by atoms with Gasteiger partial charge in [-0.15, -0.1) is 0 Å². The van der Waals surface area contributed by atoms with E-state index in [1.807, 2.05) is 12.1 Å². The molecule has 210 valence electrons. The molecule has 5 heteroatoms. The lowest BCUT2D eigenvalue weighted by Gasteiger charge is -2.08. The Bertz CT molecular complexity index is 1060. The van der Waals surface area contributed by atoms with Crippen molar-refractivity contribution < 1.29 is 14.3 Å². The van der Waals surface area contributed by atoms with Crippen LogP contribution in [-0.4, -0.2) is 22.5 Å². The Kier molecular flexibility index (Phi) is 14.1. The summed E-state index contributed by atoms with van der Waals surface area (Å²) in [6, 6.07) is 15.6. The Morgan fingerprint density at radius 1 is 0.641 bits per heavy atom. The van der Waals surface area contributed by atoms with Crippen molar-refractivity contribution in [2.24, 2.45) is 0 Å². The molecule has 1 aromatic heterocycles. The second-order valence-electron chi connectivity index (χ2n) is 10.3. The van der Waals surface area contributed by atoms with Gasteiger partial charge in [-0.1, -0.05) is 109 Å². The molecule has 3 rings (SSSR count). The molecule has 0 radical (unpaired) electrons. The van der Waals surface area contributed by atoms with Crippen LogP contribution in [0.3, 0.4) is 0 Å². The number of aryl methyl sites for hydroxylation is 1. The van der Waals surface area contributed by atoms with Crippen LogP contribution in [0.2, 0.25) is 0 Å². The molecule has 0 amide bonds. The minimum atomic E-state index is -0.529. The zero-order valence-electron chi connectivity index (χ0n) is 24.0. The predicted molar refractivity (Wildman–Crippen MR) is 159 cm³/mol. The smallest absolute Gasteiger partial charge is 0.363 e. The van der Waals surface area contributed by atoms with Crippen LogP contribution < -0.4 is 9.47 Å². The number of hydrogen-bond donors (Lipinski definition) is 0. The van der Waals surface area contributed by atoms with Crippen LogP contribution in [0.25, 0.3) is 11.3 Å². The highest BCUT2D eigenvalue weighted by atomic mass is 16.5. The Hall–Kier alpha value is -3.21. The van der Waals surface area contributed by atoms with E-state index in [-0.39, 0.29) is 5.69 Å². The zero-order valence-corrected chi connectivity index (χ0v) is 24.0. The van der Waals surface area contributed by atoms with Crippen molar-refractivity contribution in [3.8, 4) is 22.8 Å². The van der Waals surface area contributed by atoms with Gasteiger partial charge in [-0.3, -0.25) is 4.98 Å². The van der Waals surface area contributed by atoms with Crippen LogP contribution in [0.5, 0.6) is 11.5 Å². The van der Waals surface area contributed by atoms with Gasteiger partial charge in [-0.25, -0.2) is 9.78 Å². The Morgan fingerprint density at radius 3 is 1.85 bits per heavy atom. The van der Waals surface area contributed by atoms with Crippen molar-refractivity contribution in [3.63, 3.8) is 0 Å². The molecule has 0 atom stereocenters. The first-order valence-corrected chi connectivity index (χ1v) is 15.1. The normalized spacial score (nSPS) is 10.9. The molecule has 0 spiro atoms. The number of hydrogen-bond acceptors (Lipinski definition) is 5. The van der Waals surface area contributed by atoms with Gasteiger partial charge >= 0.3 is 5.97 Å². The molecule has 39 heavy (non-hydrogen) atoms. The molecule has 0 aliphatic heterocycles. The van der Waals surface area contributed by atoms with E-state index in [9.17, 15) is 4.79 Å². The molecular weight excluding hydrogens is 484 g/mol. The molecule has 0 aliphatic rings. The maximum atomic E-state index is 12.5. The SMILES string of the molecule is CCCCCCCCCCCc1ccc(-c2cnc(C(=O)Oc3ccc(OCCCCCC)cc3)cn2)cc1. The molecule has 1 heterocycles. The van der Waals surface area contributed by atoms with Crippen LogP contribution in [-0.2, 0) is 6.42 Å². The molecule has 3 aromatic rings. The Morgan fingerprint density at radius 2 is 1.23 bits per heavy atom. The fourth-order valence-electron chi connectivity index (χ4n) is 4.55. The Labute approximate surface area is 235 Å². The summed E-state index contributed by atoms with van der Waals surface area (Å²) in [5.74, 6) is 0.694. The minimum absolute atomic E-state index is 0.178. The van der Waals surface area contributed by atoms with E-state index >= 15 is 0 Å². The molecule has 0 saturated heterocycles. The summed E-state index contributed by atoms with van der Waals surface area (Å²) >= 11 is 0. The van der Waals surface area contributed by atoms with Crippen LogP contribution in [0.15, 0.2) is 60.9 Å². The van der Waals surface area contributed by atoms with Gasteiger partial charge in [0.1, 0.15) is 11.5 Å². The van der Waals surface area contributed by atoms with Gasteiger partial charge in [0.05, 0.1) is 24.7 Å². The first-order chi connectivity index (χ1) is 19.2. The van der Waals surface area contributed by atoms with Crippen LogP contribution >= 0.6 is 0 Å². The number of carbonyl (C=O) groups excluding carboxylic acids is 1. The number of unbranched alkanes of at least 4 members (excludes halogenated alkanes) is 11. The summed E-state index contributed by atoms with van der Waals surface area (Å²) in [6.07, 6.45) is 21.0. The second-order valence-corrected chi connectivity index (χ2v) is 10.3. The van der Waals surface area contributed by atoms with Crippen LogP contribution in [0.1, 0.15) is 113 Å². The summed E-state index contributed by atoms with van der Waals surface area (Å²) in [4.78, 5) is 21.3. The molecule has 0 unspecified atom stereocenters. The monoisotopic (exact) mass is 530 g/mol. The summed E-state index contributed by atoms with van der Waals surface area (Å²) in [5, 5.41) is 0. The molecule has 0 bridgehead atoms. The van der Waals surface area contributed by atoms with Crippen LogP contribution in [0.4, 0.5) is 0 Å². The largest absolute Gasteiger partial charge is 0.494 e. The predicted octanol–water partition coefficient (Wildman–Crippen LogP) is 9.40. The minimum Gasteiger partial charge on any atom is -0.494 e. The maximum absolute atomic E-state index is 12.5. The number of esters is 1. The van der Waals surface area contributed by atoms with Gasteiger partial charge in [-0.05, 0) is 49.1 Å². The van der Waals surface area contributed by atoms with Gasteiger partial charge in [0.25, 0.3) is 0 Å². The average molecular weight is 531 g/mol. The molecule has 0 fully saturated rings.